The van der Waals surface area contributed by atoms with Gasteiger partial charge in [-0.25, -0.2) is 0 Å². The van der Waals surface area contributed by atoms with Crippen molar-refractivity contribution in [1.29, 1.82) is 0 Å². The average Bonchev–Trinajstić information content (AvgIpc) is 2.45. The van der Waals surface area contributed by atoms with Crippen molar-refractivity contribution in [3.63, 3.8) is 0 Å². The van der Waals surface area contributed by atoms with Crippen LogP contribution in [0.5, 0.6) is 0 Å². The predicted octanol–water partition coefficient (Wildman–Crippen LogP) is 3.34. The van der Waals surface area contributed by atoms with Crippen molar-refractivity contribution < 1.29 is 4.74 Å². The Kier molecular flexibility index (Phi) is 12.6. The topological polar surface area (TPSA) is 45.7 Å². The maximum atomic E-state index is 5.96. The number of halogens is 2. The SMILES string of the molecule is CN=C(NCCOCC(C)C)NCCc1cccc(Cl)c1.I. The molecule has 2 N–H and O–H groups in total. The monoisotopic (exact) mass is 439 g/mol. The minimum atomic E-state index is 0. The third-order valence-electron chi connectivity index (χ3n) is 2.81. The second-order valence-electron chi connectivity index (χ2n) is 5.27. The Morgan fingerprint density at radius 3 is 2.64 bits per heavy atom. The van der Waals surface area contributed by atoms with Gasteiger partial charge in [-0.05, 0) is 30.0 Å². The molecule has 0 radical (unpaired) electrons. The Morgan fingerprint density at radius 2 is 2.00 bits per heavy atom. The number of benzene rings is 1. The van der Waals surface area contributed by atoms with Gasteiger partial charge in [0.2, 0.25) is 0 Å². The van der Waals surface area contributed by atoms with Gasteiger partial charge in [-0.2, -0.15) is 0 Å². The first-order valence-corrected chi connectivity index (χ1v) is 7.76. The number of nitrogens with zero attached hydrogens (tertiary/aromatic N) is 1. The molecule has 0 fully saturated rings. The minimum Gasteiger partial charge on any atom is -0.379 e. The lowest BCUT2D eigenvalue weighted by molar-refractivity contribution is 0.114. The van der Waals surface area contributed by atoms with E-state index in [1.165, 1.54) is 5.56 Å². The van der Waals surface area contributed by atoms with Crippen molar-refractivity contribution in [2.45, 2.75) is 20.3 Å². The number of aliphatic imine (C=N–C) groups is 1. The highest BCUT2D eigenvalue weighted by molar-refractivity contribution is 14.0. The zero-order chi connectivity index (χ0) is 15.5. The Bertz CT molecular complexity index is 441. The van der Waals surface area contributed by atoms with Crippen LogP contribution in [0.25, 0.3) is 0 Å². The fraction of sp³-hybridized carbons (Fsp3) is 0.562. The summed E-state index contributed by atoms with van der Waals surface area (Å²) in [5.74, 6) is 1.37. The lowest BCUT2D eigenvalue weighted by Crippen LogP contribution is -2.39. The van der Waals surface area contributed by atoms with Crippen molar-refractivity contribution in [3.05, 3.63) is 34.9 Å². The zero-order valence-corrected chi connectivity index (χ0v) is 16.7. The van der Waals surface area contributed by atoms with Crippen LogP contribution in [0.3, 0.4) is 0 Å². The molecule has 0 spiro atoms. The molecule has 0 unspecified atom stereocenters. The van der Waals surface area contributed by atoms with E-state index in [4.69, 9.17) is 16.3 Å². The number of guanidine groups is 1. The largest absolute Gasteiger partial charge is 0.379 e. The van der Waals surface area contributed by atoms with Gasteiger partial charge in [-0.15, -0.1) is 24.0 Å². The molecule has 6 heteroatoms. The van der Waals surface area contributed by atoms with Crippen LogP contribution in [0, 0.1) is 5.92 Å². The van der Waals surface area contributed by atoms with E-state index in [2.05, 4.69) is 35.5 Å². The molecule has 0 heterocycles. The van der Waals surface area contributed by atoms with E-state index >= 15 is 0 Å². The van der Waals surface area contributed by atoms with E-state index in [9.17, 15) is 0 Å². The smallest absolute Gasteiger partial charge is 0.191 e. The molecule has 0 aliphatic heterocycles. The summed E-state index contributed by atoms with van der Waals surface area (Å²) in [5.41, 5.74) is 1.21. The van der Waals surface area contributed by atoms with E-state index in [-0.39, 0.29) is 24.0 Å². The fourth-order valence-electron chi connectivity index (χ4n) is 1.80. The summed E-state index contributed by atoms with van der Waals surface area (Å²) in [6.07, 6.45) is 0.908. The van der Waals surface area contributed by atoms with Crippen LogP contribution in [0.15, 0.2) is 29.3 Å². The van der Waals surface area contributed by atoms with Crippen molar-refractivity contribution in [2.24, 2.45) is 10.9 Å². The van der Waals surface area contributed by atoms with Gasteiger partial charge < -0.3 is 15.4 Å². The van der Waals surface area contributed by atoms with E-state index in [0.29, 0.717) is 12.5 Å². The van der Waals surface area contributed by atoms with Gasteiger partial charge in [0.05, 0.1) is 6.61 Å². The molecular formula is C16H27ClIN3O. The molecule has 126 valence electrons. The van der Waals surface area contributed by atoms with Crippen LogP contribution in [0.4, 0.5) is 0 Å². The summed E-state index contributed by atoms with van der Waals surface area (Å²) in [4.78, 5) is 4.18. The molecule has 0 saturated heterocycles. The molecule has 0 bridgehead atoms. The zero-order valence-electron chi connectivity index (χ0n) is 13.6. The van der Waals surface area contributed by atoms with Crippen molar-refractivity contribution in [3.8, 4) is 0 Å². The number of hydrogen-bond donors (Lipinski definition) is 2. The molecule has 0 aromatic heterocycles. The normalized spacial score (nSPS) is 11.2. The van der Waals surface area contributed by atoms with E-state index < -0.39 is 0 Å². The summed E-state index contributed by atoms with van der Waals surface area (Å²) in [6, 6.07) is 7.91. The molecule has 0 amide bonds. The standard InChI is InChI=1S/C16H26ClN3O.HI/c1-13(2)12-21-10-9-20-16(18-3)19-8-7-14-5-4-6-15(17)11-14;/h4-6,11,13H,7-10,12H2,1-3H3,(H2,18,19,20);1H. The first kappa shape index (κ1) is 21.5. The van der Waals surface area contributed by atoms with Crippen LogP contribution in [0.2, 0.25) is 5.02 Å². The number of nitrogens with one attached hydrogen (secondary N) is 2. The van der Waals surface area contributed by atoms with Gasteiger partial charge in [0, 0.05) is 31.8 Å². The van der Waals surface area contributed by atoms with Crippen LogP contribution >= 0.6 is 35.6 Å². The van der Waals surface area contributed by atoms with Gasteiger partial charge >= 0.3 is 0 Å². The molecule has 1 rings (SSSR count). The van der Waals surface area contributed by atoms with Gasteiger partial charge in [0.15, 0.2) is 5.96 Å². The van der Waals surface area contributed by atoms with Gasteiger partial charge in [0.25, 0.3) is 0 Å². The highest BCUT2D eigenvalue weighted by Crippen LogP contribution is 2.10. The van der Waals surface area contributed by atoms with Gasteiger partial charge in [-0.1, -0.05) is 37.6 Å². The highest BCUT2D eigenvalue weighted by Gasteiger charge is 1.99. The van der Waals surface area contributed by atoms with E-state index in [0.717, 1.165) is 37.1 Å². The molecule has 1 aromatic rings. The lowest BCUT2D eigenvalue weighted by atomic mass is 10.1. The number of hydrogen-bond acceptors (Lipinski definition) is 2. The minimum absolute atomic E-state index is 0. The van der Waals surface area contributed by atoms with Crippen LogP contribution in [-0.2, 0) is 11.2 Å². The first-order chi connectivity index (χ1) is 10.1. The molecule has 22 heavy (non-hydrogen) atoms. The quantitative estimate of drug-likeness (QED) is 0.283. The maximum absolute atomic E-state index is 5.96. The van der Waals surface area contributed by atoms with E-state index in [1.54, 1.807) is 7.05 Å². The second-order valence-corrected chi connectivity index (χ2v) is 5.71. The molecule has 4 nitrogen and oxygen atoms in total. The van der Waals surface area contributed by atoms with Crippen molar-refractivity contribution in [1.82, 2.24) is 10.6 Å². The summed E-state index contributed by atoms with van der Waals surface area (Å²) in [5, 5.41) is 7.28. The Labute approximate surface area is 156 Å². The fourth-order valence-corrected chi connectivity index (χ4v) is 2.01. The highest BCUT2D eigenvalue weighted by atomic mass is 127. The second kappa shape index (κ2) is 13.0. The van der Waals surface area contributed by atoms with Crippen molar-refractivity contribution in [2.75, 3.05) is 33.4 Å². The molecule has 0 aliphatic carbocycles. The Balaban J connectivity index is 0.00000441. The van der Waals surface area contributed by atoms with Crippen LogP contribution in [0.1, 0.15) is 19.4 Å². The third kappa shape index (κ3) is 10.2. The summed E-state index contributed by atoms with van der Waals surface area (Å²) in [6.45, 7) is 7.33. The van der Waals surface area contributed by atoms with Gasteiger partial charge in [-0.3, -0.25) is 4.99 Å². The first-order valence-electron chi connectivity index (χ1n) is 7.38. The Hall–Kier alpha value is -0.530. The lowest BCUT2D eigenvalue weighted by Gasteiger charge is -2.12. The Morgan fingerprint density at radius 1 is 1.27 bits per heavy atom. The van der Waals surface area contributed by atoms with Crippen LogP contribution < -0.4 is 10.6 Å². The van der Waals surface area contributed by atoms with Gasteiger partial charge in [0.1, 0.15) is 0 Å². The van der Waals surface area contributed by atoms with Crippen molar-refractivity contribution >= 4 is 41.5 Å². The molecule has 0 saturated carbocycles. The molecule has 0 aliphatic rings. The summed E-state index contributed by atoms with van der Waals surface area (Å²) < 4.78 is 5.52. The predicted molar refractivity (Wildman–Crippen MR) is 106 cm³/mol. The maximum Gasteiger partial charge on any atom is 0.191 e. The average molecular weight is 440 g/mol. The molecule has 1 aromatic carbocycles. The third-order valence-corrected chi connectivity index (χ3v) is 3.04. The summed E-state index contributed by atoms with van der Waals surface area (Å²) in [7, 11) is 1.77. The number of ether oxygens (including phenoxy) is 1. The molecule has 0 atom stereocenters. The van der Waals surface area contributed by atoms with Crippen LogP contribution in [-0.4, -0.2) is 39.3 Å². The van der Waals surface area contributed by atoms with E-state index in [1.807, 2.05) is 18.2 Å². The molecular weight excluding hydrogens is 413 g/mol. The summed E-state index contributed by atoms with van der Waals surface area (Å²) >= 11 is 5.96. The number of rotatable bonds is 8.